The van der Waals surface area contributed by atoms with Gasteiger partial charge in [0.25, 0.3) is 0 Å². The molecule has 0 spiro atoms. The molecule has 3 nitrogen and oxygen atoms in total. The summed E-state index contributed by atoms with van der Waals surface area (Å²) >= 11 is 0. The molecule has 0 aliphatic heterocycles. The van der Waals surface area contributed by atoms with Gasteiger partial charge in [0.05, 0.1) is 0 Å². The van der Waals surface area contributed by atoms with Gasteiger partial charge in [0.15, 0.2) is 5.78 Å². The smallest absolute Gasteiger partial charge is 0.182 e. The fourth-order valence-electron chi connectivity index (χ4n) is 1.33. The summed E-state index contributed by atoms with van der Waals surface area (Å²) in [7, 11) is 0. The Labute approximate surface area is 101 Å². The van der Waals surface area contributed by atoms with Crippen molar-refractivity contribution < 1.29 is 9.90 Å². The Morgan fingerprint density at radius 2 is 1.76 bits per heavy atom. The summed E-state index contributed by atoms with van der Waals surface area (Å²) in [6.07, 6.45) is 0. The minimum absolute atomic E-state index is 0.191. The second-order valence-electron chi connectivity index (χ2n) is 4.78. The fourth-order valence-corrected chi connectivity index (χ4v) is 1.33. The van der Waals surface area contributed by atoms with E-state index in [4.69, 9.17) is 5.26 Å². The number of carbonyl (C=O) groups is 1. The number of nitrogens with zero attached hydrogens (tertiary/aromatic N) is 1. The molecule has 0 aliphatic rings. The molecule has 1 aromatic carbocycles. The van der Waals surface area contributed by atoms with Crippen LogP contribution in [0.5, 0.6) is 0 Å². The van der Waals surface area contributed by atoms with Crippen LogP contribution < -0.4 is 0 Å². The van der Waals surface area contributed by atoms with E-state index in [0.717, 1.165) is 0 Å². The molecule has 1 aromatic rings. The maximum absolute atomic E-state index is 12.0. The summed E-state index contributed by atoms with van der Waals surface area (Å²) in [5.74, 6) is -0.616. The molecule has 3 heteroatoms. The van der Waals surface area contributed by atoms with Crippen LogP contribution in [0.25, 0.3) is 5.76 Å². The molecule has 0 fully saturated rings. The summed E-state index contributed by atoms with van der Waals surface area (Å²) in [6, 6.07) is 10.4. The van der Waals surface area contributed by atoms with Crippen molar-refractivity contribution in [3.05, 3.63) is 41.5 Å². The van der Waals surface area contributed by atoms with Gasteiger partial charge in [-0.05, 0) is 0 Å². The van der Waals surface area contributed by atoms with E-state index >= 15 is 0 Å². The predicted molar refractivity (Wildman–Crippen MR) is 66.1 cm³/mol. The number of Topliss-reactive ketones (excluding diaryl/α,β-unsaturated/α-hetero) is 1. The van der Waals surface area contributed by atoms with Gasteiger partial charge >= 0.3 is 0 Å². The number of hydrogen-bond donors (Lipinski definition) is 1. The first-order valence-corrected chi connectivity index (χ1v) is 5.31. The summed E-state index contributed by atoms with van der Waals surface area (Å²) in [6.45, 7) is 5.14. The highest BCUT2D eigenvalue weighted by atomic mass is 16.3. The molecule has 0 heterocycles. The van der Waals surface area contributed by atoms with Gasteiger partial charge in [0.2, 0.25) is 0 Å². The van der Waals surface area contributed by atoms with Crippen molar-refractivity contribution in [1.82, 2.24) is 0 Å². The Bertz CT molecular complexity index is 487. The highest BCUT2D eigenvalue weighted by molar-refractivity contribution is 6.07. The first-order valence-electron chi connectivity index (χ1n) is 5.31. The van der Waals surface area contributed by atoms with Gasteiger partial charge in [-0.15, -0.1) is 0 Å². The van der Waals surface area contributed by atoms with Crippen LogP contribution in [0.3, 0.4) is 0 Å². The minimum Gasteiger partial charge on any atom is -0.506 e. The zero-order valence-corrected chi connectivity index (χ0v) is 10.2. The molecular formula is C14H15NO2. The van der Waals surface area contributed by atoms with E-state index in [0.29, 0.717) is 5.56 Å². The highest BCUT2D eigenvalue weighted by Crippen LogP contribution is 2.24. The SMILES string of the molecule is CC(C)(C)C(=O)/C(C#N)=C(\O)c1ccccc1. The fraction of sp³-hybridized carbons (Fsp3) is 0.286. The molecule has 88 valence electrons. The van der Waals surface area contributed by atoms with E-state index in [2.05, 4.69) is 0 Å². The lowest BCUT2D eigenvalue weighted by Crippen LogP contribution is -2.22. The molecule has 0 saturated heterocycles. The van der Waals surface area contributed by atoms with E-state index in [9.17, 15) is 9.90 Å². The third-order valence-electron chi connectivity index (χ3n) is 2.30. The Kier molecular flexibility index (Phi) is 3.69. The van der Waals surface area contributed by atoms with Crippen molar-refractivity contribution in [2.75, 3.05) is 0 Å². The number of allylic oxidation sites excluding steroid dienone is 1. The van der Waals surface area contributed by atoms with Gasteiger partial charge in [0, 0.05) is 11.0 Å². The van der Waals surface area contributed by atoms with Crippen LogP contribution in [0, 0.1) is 16.7 Å². The highest BCUT2D eigenvalue weighted by Gasteiger charge is 2.28. The molecule has 1 N–H and O–H groups in total. The normalized spacial score (nSPS) is 12.6. The Morgan fingerprint density at radius 3 is 2.18 bits per heavy atom. The third kappa shape index (κ3) is 2.94. The number of rotatable bonds is 2. The van der Waals surface area contributed by atoms with Crippen LogP contribution in [0.15, 0.2) is 35.9 Å². The van der Waals surface area contributed by atoms with Crippen molar-refractivity contribution in [1.29, 1.82) is 5.26 Å². The first-order chi connectivity index (χ1) is 7.88. The lowest BCUT2D eigenvalue weighted by atomic mass is 9.85. The van der Waals surface area contributed by atoms with E-state index in [1.54, 1.807) is 57.2 Å². The maximum Gasteiger partial charge on any atom is 0.182 e. The van der Waals surface area contributed by atoms with Crippen LogP contribution in [0.2, 0.25) is 0 Å². The molecule has 1 rings (SSSR count). The zero-order valence-electron chi connectivity index (χ0n) is 10.2. The van der Waals surface area contributed by atoms with Gasteiger partial charge < -0.3 is 5.11 Å². The first kappa shape index (κ1) is 13.0. The van der Waals surface area contributed by atoms with Crippen LogP contribution in [-0.4, -0.2) is 10.9 Å². The van der Waals surface area contributed by atoms with Crippen molar-refractivity contribution >= 4 is 11.5 Å². The minimum atomic E-state index is -0.687. The molecular weight excluding hydrogens is 214 g/mol. The summed E-state index contributed by atoms with van der Waals surface area (Å²) in [5.41, 5.74) is -0.404. The van der Waals surface area contributed by atoms with Crippen molar-refractivity contribution in [2.45, 2.75) is 20.8 Å². The Hall–Kier alpha value is -2.08. The molecule has 17 heavy (non-hydrogen) atoms. The quantitative estimate of drug-likeness (QED) is 0.481. The van der Waals surface area contributed by atoms with Crippen molar-refractivity contribution in [3.63, 3.8) is 0 Å². The second-order valence-corrected chi connectivity index (χ2v) is 4.78. The van der Waals surface area contributed by atoms with Gasteiger partial charge in [-0.1, -0.05) is 51.1 Å². The third-order valence-corrected chi connectivity index (χ3v) is 2.30. The molecule has 0 aromatic heterocycles. The Morgan fingerprint density at radius 1 is 1.24 bits per heavy atom. The molecule has 0 aliphatic carbocycles. The summed E-state index contributed by atoms with van der Waals surface area (Å²) < 4.78 is 0. The molecule has 0 amide bonds. The number of aliphatic hydroxyl groups excluding tert-OH is 1. The zero-order chi connectivity index (χ0) is 13.1. The maximum atomic E-state index is 12.0. The number of hydrogen-bond acceptors (Lipinski definition) is 3. The van der Waals surface area contributed by atoms with Crippen LogP contribution in [0.1, 0.15) is 26.3 Å². The van der Waals surface area contributed by atoms with E-state index in [-0.39, 0.29) is 17.1 Å². The van der Waals surface area contributed by atoms with Gasteiger partial charge in [-0.2, -0.15) is 5.26 Å². The molecule has 0 saturated carbocycles. The molecule has 0 atom stereocenters. The van der Waals surface area contributed by atoms with Crippen LogP contribution >= 0.6 is 0 Å². The lowest BCUT2D eigenvalue weighted by Gasteiger charge is -2.16. The second kappa shape index (κ2) is 4.84. The number of aliphatic hydroxyl groups is 1. The number of ketones is 1. The number of nitriles is 1. The predicted octanol–water partition coefficient (Wildman–Crippen LogP) is 3.09. The van der Waals surface area contributed by atoms with Crippen LogP contribution in [-0.2, 0) is 4.79 Å². The van der Waals surface area contributed by atoms with E-state index in [1.807, 2.05) is 0 Å². The largest absolute Gasteiger partial charge is 0.506 e. The van der Waals surface area contributed by atoms with Crippen LogP contribution in [0.4, 0.5) is 0 Å². The molecule has 0 bridgehead atoms. The Balaban J connectivity index is 3.28. The summed E-state index contributed by atoms with van der Waals surface area (Å²) in [5, 5.41) is 19.0. The van der Waals surface area contributed by atoms with E-state index in [1.165, 1.54) is 0 Å². The average Bonchev–Trinajstić information content (AvgIpc) is 2.29. The van der Waals surface area contributed by atoms with E-state index < -0.39 is 5.41 Å². The standard InChI is InChI=1S/C14H15NO2/c1-14(2,3)13(17)11(9-15)12(16)10-7-5-4-6-8-10/h4-8,16H,1-3H3/b12-11-. The monoisotopic (exact) mass is 229 g/mol. The van der Waals surface area contributed by atoms with Crippen molar-refractivity contribution in [2.24, 2.45) is 5.41 Å². The number of benzene rings is 1. The topological polar surface area (TPSA) is 61.1 Å². The lowest BCUT2D eigenvalue weighted by molar-refractivity contribution is -0.122. The summed E-state index contributed by atoms with van der Waals surface area (Å²) in [4.78, 5) is 12.0. The average molecular weight is 229 g/mol. The number of carbonyl (C=O) groups excluding carboxylic acids is 1. The van der Waals surface area contributed by atoms with Gasteiger partial charge in [-0.25, -0.2) is 0 Å². The van der Waals surface area contributed by atoms with Crippen molar-refractivity contribution in [3.8, 4) is 6.07 Å². The van der Waals surface area contributed by atoms with Gasteiger partial charge in [0.1, 0.15) is 17.4 Å². The molecule has 0 unspecified atom stereocenters. The molecule has 0 radical (unpaired) electrons. The van der Waals surface area contributed by atoms with Gasteiger partial charge in [-0.3, -0.25) is 4.79 Å².